The van der Waals surface area contributed by atoms with Gasteiger partial charge in [-0.2, -0.15) is 0 Å². The van der Waals surface area contributed by atoms with Crippen LogP contribution < -0.4 is 10.1 Å². The van der Waals surface area contributed by atoms with Gasteiger partial charge in [0.15, 0.2) is 12.2 Å². The van der Waals surface area contributed by atoms with Crippen LogP contribution in [-0.4, -0.2) is 24.1 Å². The van der Waals surface area contributed by atoms with Crippen molar-refractivity contribution < 1.29 is 19.1 Å². The van der Waals surface area contributed by atoms with E-state index in [2.05, 4.69) is 5.32 Å². The monoisotopic (exact) mass is 415 g/mol. The number of amides is 1. The van der Waals surface area contributed by atoms with E-state index < -0.39 is 24.1 Å². The van der Waals surface area contributed by atoms with Crippen LogP contribution in [0, 0.1) is 0 Å². The number of hydrogen-bond acceptors (Lipinski definition) is 4. The summed E-state index contributed by atoms with van der Waals surface area (Å²) in [5, 5.41) is 3.86. The summed E-state index contributed by atoms with van der Waals surface area (Å²) in [6.45, 7) is 2.98. The van der Waals surface area contributed by atoms with Gasteiger partial charge in [0.1, 0.15) is 5.75 Å². The van der Waals surface area contributed by atoms with Gasteiger partial charge >= 0.3 is 5.97 Å². The summed E-state index contributed by atoms with van der Waals surface area (Å²) in [4.78, 5) is 24.3. The molecule has 0 saturated heterocycles. The standard InChI is InChI=1S/C18H16Cl3NO4/c1-10(17(23)22-16-8-5-13(20)9-15(16)21)26-18(24)11(2)25-14-6-3-12(19)4-7-14/h3-11H,1-2H3,(H,22,23). The number of hydrogen-bond donors (Lipinski definition) is 1. The number of carbonyl (C=O) groups is 2. The highest BCUT2D eigenvalue weighted by Gasteiger charge is 2.23. The Balaban J connectivity index is 1.90. The molecule has 0 aliphatic heterocycles. The van der Waals surface area contributed by atoms with Gasteiger partial charge in [-0.1, -0.05) is 34.8 Å². The van der Waals surface area contributed by atoms with E-state index >= 15 is 0 Å². The van der Waals surface area contributed by atoms with Crippen LogP contribution in [0.2, 0.25) is 15.1 Å². The Kier molecular flexibility index (Phi) is 7.14. The fourth-order valence-electron chi connectivity index (χ4n) is 1.91. The van der Waals surface area contributed by atoms with E-state index in [-0.39, 0.29) is 5.02 Å². The number of ether oxygens (including phenoxy) is 2. The summed E-state index contributed by atoms with van der Waals surface area (Å²) in [6, 6.07) is 11.2. The fourth-order valence-corrected chi connectivity index (χ4v) is 2.50. The maximum atomic E-state index is 12.2. The molecule has 0 aliphatic rings. The SMILES string of the molecule is CC(OC(=O)C(C)Oc1ccc(Cl)cc1)C(=O)Nc1ccc(Cl)cc1Cl. The molecule has 5 nitrogen and oxygen atoms in total. The van der Waals surface area contributed by atoms with Gasteiger partial charge in [0.05, 0.1) is 10.7 Å². The van der Waals surface area contributed by atoms with E-state index in [0.717, 1.165) is 0 Å². The van der Waals surface area contributed by atoms with Crippen LogP contribution in [-0.2, 0) is 14.3 Å². The number of esters is 1. The van der Waals surface area contributed by atoms with Crippen LogP contribution in [0.25, 0.3) is 0 Å². The zero-order chi connectivity index (χ0) is 19.3. The predicted octanol–water partition coefficient (Wildman–Crippen LogP) is 4.98. The van der Waals surface area contributed by atoms with Crippen molar-refractivity contribution >= 4 is 52.4 Å². The van der Waals surface area contributed by atoms with Gasteiger partial charge in [-0.15, -0.1) is 0 Å². The zero-order valence-corrected chi connectivity index (χ0v) is 16.2. The van der Waals surface area contributed by atoms with Crippen LogP contribution in [0.4, 0.5) is 5.69 Å². The first kappa shape index (κ1) is 20.4. The molecule has 0 spiro atoms. The Morgan fingerprint density at radius 2 is 1.54 bits per heavy atom. The third-order valence-corrected chi connectivity index (χ3v) is 4.11. The minimum Gasteiger partial charge on any atom is -0.479 e. The third-order valence-electron chi connectivity index (χ3n) is 3.31. The Labute approximate surface area is 166 Å². The van der Waals surface area contributed by atoms with Crippen LogP contribution >= 0.6 is 34.8 Å². The third kappa shape index (κ3) is 5.80. The number of benzene rings is 2. The molecule has 138 valence electrons. The molecule has 0 radical (unpaired) electrons. The lowest BCUT2D eigenvalue weighted by atomic mass is 10.3. The average Bonchev–Trinajstić information content (AvgIpc) is 2.59. The van der Waals surface area contributed by atoms with Gasteiger partial charge in [-0.25, -0.2) is 4.79 Å². The molecule has 2 rings (SSSR count). The molecule has 0 heterocycles. The van der Waals surface area contributed by atoms with E-state index in [4.69, 9.17) is 44.3 Å². The molecule has 2 aromatic rings. The van der Waals surface area contributed by atoms with Gasteiger partial charge in [-0.3, -0.25) is 4.79 Å². The highest BCUT2D eigenvalue weighted by atomic mass is 35.5. The van der Waals surface area contributed by atoms with Crippen LogP contribution in [0.1, 0.15) is 13.8 Å². The van der Waals surface area contributed by atoms with Crippen LogP contribution in [0.5, 0.6) is 5.75 Å². The van der Waals surface area contributed by atoms with Crippen LogP contribution in [0.15, 0.2) is 42.5 Å². The maximum Gasteiger partial charge on any atom is 0.347 e. The van der Waals surface area contributed by atoms with Gasteiger partial charge in [0.25, 0.3) is 5.91 Å². The molecule has 26 heavy (non-hydrogen) atoms. The molecular formula is C18H16Cl3NO4. The van der Waals surface area contributed by atoms with Crippen molar-refractivity contribution in [3.8, 4) is 5.75 Å². The molecule has 2 unspecified atom stereocenters. The minimum atomic E-state index is -1.04. The second kappa shape index (κ2) is 9.12. The number of nitrogens with one attached hydrogen (secondary N) is 1. The van der Waals surface area contributed by atoms with Crippen LogP contribution in [0.3, 0.4) is 0 Å². The van der Waals surface area contributed by atoms with Crippen molar-refractivity contribution in [2.24, 2.45) is 0 Å². The van der Waals surface area contributed by atoms with Gasteiger partial charge in [-0.05, 0) is 56.3 Å². The van der Waals surface area contributed by atoms with E-state index in [1.807, 2.05) is 0 Å². The topological polar surface area (TPSA) is 64.6 Å². The average molecular weight is 417 g/mol. The van der Waals surface area contributed by atoms with Crippen molar-refractivity contribution in [1.29, 1.82) is 0 Å². The smallest absolute Gasteiger partial charge is 0.347 e. The minimum absolute atomic E-state index is 0.281. The molecular weight excluding hydrogens is 401 g/mol. The van der Waals surface area contributed by atoms with Gasteiger partial charge in [0.2, 0.25) is 0 Å². The molecule has 0 fully saturated rings. The number of halogens is 3. The molecule has 1 amide bonds. The molecule has 2 atom stereocenters. The zero-order valence-electron chi connectivity index (χ0n) is 14.0. The number of anilines is 1. The Morgan fingerprint density at radius 3 is 2.15 bits per heavy atom. The summed E-state index contributed by atoms with van der Waals surface area (Å²) in [5.41, 5.74) is 0.370. The van der Waals surface area contributed by atoms with Gasteiger partial charge in [0, 0.05) is 10.0 Å². The summed E-state index contributed by atoms with van der Waals surface area (Å²) >= 11 is 17.6. The highest BCUT2D eigenvalue weighted by molar-refractivity contribution is 6.36. The molecule has 8 heteroatoms. The normalized spacial score (nSPS) is 12.8. The van der Waals surface area contributed by atoms with E-state index in [9.17, 15) is 9.59 Å². The molecule has 2 aromatic carbocycles. The number of carbonyl (C=O) groups excluding carboxylic acids is 2. The Bertz CT molecular complexity index is 796. The van der Waals surface area contributed by atoms with E-state index in [1.165, 1.54) is 19.9 Å². The summed E-state index contributed by atoms with van der Waals surface area (Å²) in [7, 11) is 0. The molecule has 0 aromatic heterocycles. The summed E-state index contributed by atoms with van der Waals surface area (Å²) in [5.74, 6) is -0.741. The lowest BCUT2D eigenvalue weighted by Crippen LogP contribution is -2.35. The van der Waals surface area contributed by atoms with Crippen molar-refractivity contribution in [2.75, 3.05) is 5.32 Å². The van der Waals surface area contributed by atoms with E-state index in [0.29, 0.717) is 21.5 Å². The second-order valence-electron chi connectivity index (χ2n) is 5.41. The predicted molar refractivity (Wildman–Crippen MR) is 102 cm³/mol. The van der Waals surface area contributed by atoms with Gasteiger partial charge < -0.3 is 14.8 Å². The highest BCUT2D eigenvalue weighted by Crippen LogP contribution is 2.25. The largest absolute Gasteiger partial charge is 0.479 e. The van der Waals surface area contributed by atoms with E-state index in [1.54, 1.807) is 36.4 Å². The van der Waals surface area contributed by atoms with Crippen molar-refractivity contribution in [3.05, 3.63) is 57.5 Å². The molecule has 0 saturated carbocycles. The lowest BCUT2D eigenvalue weighted by Gasteiger charge is -2.18. The first-order chi connectivity index (χ1) is 12.3. The summed E-state index contributed by atoms with van der Waals surface area (Å²) < 4.78 is 10.6. The second-order valence-corrected chi connectivity index (χ2v) is 6.69. The number of rotatable bonds is 6. The molecule has 1 N–H and O–H groups in total. The lowest BCUT2D eigenvalue weighted by molar-refractivity contribution is -0.159. The fraction of sp³-hybridized carbons (Fsp3) is 0.222. The maximum absolute atomic E-state index is 12.2. The Hall–Kier alpha value is -1.95. The van der Waals surface area contributed by atoms with Crippen molar-refractivity contribution in [1.82, 2.24) is 0 Å². The van der Waals surface area contributed by atoms with Crippen molar-refractivity contribution in [3.63, 3.8) is 0 Å². The first-order valence-corrected chi connectivity index (χ1v) is 8.78. The molecule has 0 bridgehead atoms. The summed E-state index contributed by atoms with van der Waals surface area (Å²) in [6.07, 6.45) is -1.93. The Morgan fingerprint density at radius 1 is 0.923 bits per heavy atom. The quantitative estimate of drug-likeness (QED) is 0.674. The first-order valence-electron chi connectivity index (χ1n) is 7.65. The molecule has 0 aliphatic carbocycles. The van der Waals surface area contributed by atoms with Crippen molar-refractivity contribution in [2.45, 2.75) is 26.1 Å².